The van der Waals surface area contributed by atoms with Crippen LogP contribution >= 0.6 is 24.0 Å². The Morgan fingerprint density at radius 3 is 2.51 bits per heavy atom. The highest BCUT2D eigenvalue weighted by Crippen LogP contribution is 2.28. The zero-order valence-electron chi connectivity index (χ0n) is 21.8. The van der Waals surface area contributed by atoms with Gasteiger partial charge in [-0.05, 0) is 37.2 Å². The summed E-state index contributed by atoms with van der Waals surface area (Å²) >= 11 is 7.51. The summed E-state index contributed by atoms with van der Waals surface area (Å²) in [4.78, 5) is 29.5. The molecule has 1 aromatic rings. The first-order valence-electron chi connectivity index (χ1n) is 13.9. The van der Waals surface area contributed by atoms with Crippen LogP contribution < -0.4 is 10.6 Å². The van der Waals surface area contributed by atoms with Crippen molar-refractivity contribution in [1.29, 1.82) is 0 Å². The second-order valence-electron chi connectivity index (χ2n) is 10.8. The Labute approximate surface area is 231 Å². The SMILES string of the molecule is O=C(O)CN1CSC[C@H]1C(=O)N[C@H](CCC1CCCCC1)C(=S)NC1CCN(Cc2ccccc2)CC1. The Kier molecular flexibility index (Phi) is 11.1. The van der Waals surface area contributed by atoms with E-state index >= 15 is 0 Å². The van der Waals surface area contributed by atoms with Crippen molar-refractivity contribution in [2.24, 2.45) is 5.92 Å². The molecule has 2 heterocycles. The predicted octanol–water partition coefficient (Wildman–Crippen LogP) is 3.87. The topological polar surface area (TPSA) is 84.9 Å². The number of hydrogen-bond donors (Lipinski definition) is 3. The van der Waals surface area contributed by atoms with E-state index in [1.54, 1.807) is 16.7 Å². The molecule has 1 amide bonds. The average Bonchev–Trinajstić information content (AvgIpc) is 3.36. The number of nitrogens with one attached hydrogen (secondary N) is 2. The quantitative estimate of drug-likeness (QED) is 0.361. The summed E-state index contributed by atoms with van der Waals surface area (Å²) in [6, 6.07) is 10.3. The molecule has 3 N–H and O–H groups in total. The largest absolute Gasteiger partial charge is 0.480 e. The fourth-order valence-corrected chi connectivity index (χ4v) is 7.38. The minimum Gasteiger partial charge on any atom is -0.480 e. The fourth-order valence-electron chi connectivity index (χ4n) is 5.84. The molecule has 9 heteroatoms. The van der Waals surface area contributed by atoms with Gasteiger partial charge in [-0.25, -0.2) is 0 Å². The molecule has 37 heavy (non-hydrogen) atoms. The molecule has 2 aliphatic heterocycles. The lowest BCUT2D eigenvalue weighted by Crippen LogP contribution is -2.55. The van der Waals surface area contributed by atoms with E-state index in [1.165, 1.54) is 37.7 Å². The van der Waals surface area contributed by atoms with Gasteiger partial charge in [0.05, 0.1) is 23.6 Å². The normalized spacial score (nSPS) is 23.0. The Morgan fingerprint density at radius 1 is 1.08 bits per heavy atom. The molecule has 1 aromatic carbocycles. The Morgan fingerprint density at radius 2 is 1.81 bits per heavy atom. The van der Waals surface area contributed by atoms with Crippen LogP contribution in [0.5, 0.6) is 0 Å². The molecule has 0 radical (unpaired) electrons. The molecule has 0 aromatic heterocycles. The van der Waals surface area contributed by atoms with Gasteiger partial charge >= 0.3 is 5.97 Å². The summed E-state index contributed by atoms with van der Waals surface area (Å²) in [5, 5.41) is 16.1. The highest BCUT2D eigenvalue weighted by molar-refractivity contribution is 7.99. The number of rotatable bonds is 11. The van der Waals surface area contributed by atoms with Gasteiger partial charge in [-0.2, -0.15) is 0 Å². The summed E-state index contributed by atoms with van der Waals surface area (Å²) in [7, 11) is 0. The summed E-state index contributed by atoms with van der Waals surface area (Å²) in [5.41, 5.74) is 1.34. The minimum atomic E-state index is -0.898. The number of amides is 1. The first-order valence-corrected chi connectivity index (χ1v) is 15.4. The Bertz CT molecular complexity index is 889. The van der Waals surface area contributed by atoms with Crippen LogP contribution in [-0.4, -0.2) is 81.2 Å². The maximum atomic E-state index is 13.3. The number of piperidine rings is 1. The highest BCUT2D eigenvalue weighted by Gasteiger charge is 2.34. The van der Waals surface area contributed by atoms with E-state index in [9.17, 15) is 14.7 Å². The number of thioether (sulfide) groups is 1. The molecule has 2 saturated heterocycles. The van der Waals surface area contributed by atoms with Gasteiger partial charge in [-0.3, -0.25) is 19.4 Å². The van der Waals surface area contributed by atoms with Crippen LogP contribution in [0.25, 0.3) is 0 Å². The number of carboxylic acids is 1. The van der Waals surface area contributed by atoms with E-state index in [1.807, 2.05) is 0 Å². The Balaban J connectivity index is 1.31. The molecule has 204 valence electrons. The van der Waals surface area contributed by atoms with Crippen LogP contribution in [0.2, 0.25) is 0 Å². The van der Waals surface area contributed by atoms with E-state index in [0.29, 0.717) is 23.6 Å². The van der Waals surface area contributed by atoms with Crippen molar-refractivity contribution < 1.29 is 14.7 Å². The van der Waals surface area contributed by atoms with Crippen molar-refractivity contribution in [3.8, 4) is 0 Å². The van der Waals surface area contributed by atoms with Crippen LogP contribution in [-0.2, 0) is 16.1 Å². The maximum Gasteiger partial charge on any atom is 0.317 e. The molecule has 4 rings (SSSR count). The highest BCUT2D eigenvalue weighted by atomic mass is 32.2. The molecule has 2 atom stereocenters. The molecule has 3 aliphatic rings. The van der Waals surface area contributed by atoms with E-state index in [-0.39, 0.29) is 18.5 Å². The second kappa shape index (κ2) is 14.5. The van der Waals surface area contributed by atoms with Crippen molar-refractivity contribution >= 4 is 40.8 Å². The van der Waals surface area contributed by atoms with E-state index < -0.39 is 12.0 Å². The zero-order valence-corrected chi connectivity index (χ0v) is 23.4. The van der Waals surface area contributed by atoms with Crippen LogP contribution in [0.15, 0.2) is 30.3 Å². The van der Waals surface area contributed by atoms with Crippen molar-refractivity contribution in [3.05, 3.63) is 35.9 Å². The summed E-state index contributed by atoms with van der Waals surface area (Å²) in [6.45, 7) is 2.92. The molecule has 1 aliphatic carbocycles. The molecule has 0 unspecified atom stereocenters. The summed E-state index contributed by atoms with van der Waals surface area (Å²) < 4.78 is 0. The van der Waals surface area contributed by atoms with Gasteiger partial charge in [0.2, 0.25) is 5.91 Å². The van der Waals surface area contributed by atoms with Crippen LogP contribution in [0.1, 0.15) is 63.4 Å². The van der Waals surface area contributed by atoms with Gasteiger partial charge in [-0.15, -0.1) is 11.8 Å². The number of nitrogens with zero attached hydrogens (tertiary/aromatic N) is 2. The molecular weight excluding hydrogens is 504 g/mol. The van der Waals surface area contributed by atoms with E-state index in [4.69, 9.17) is 12.2 Å². The number of likely N-dealkylation sites (tertiary alicyclic amines) is 1. The molecular formula is C28H42N4O3S2. The first kappa shape index (κ1) is 28.3. The lowest BCUT2D eigenvalue weighted by atomic mass is 9.85. The van der Waals surface area contributed by atoms with Gasteiger partial charge in [-0.1, -0.05) is 74.7 Å². The van der Waals surface area contributed by atoms with E-state index in [2.05, 4.69) is 45.9 Å². The lowest BCUT2D eigenvalue weighted by molar-refractivity contribution is -0.139. The summed E-state index contributed by atoms with van der Waals surface area (Å²) in [5.74, 6) is 0.907. The molecule has 0 spiro atoms. The fraction of sp³-hybridized carbons (Fsp3) is 0.679. The number of aliphatic carboxylic acids is 1. The third-order valence-electron chi connectivity index (χ3n) is 8.02. The van der Waals surface area contributed by atoms with Gasteiger partial charge in [0.15, 0.2) is 0 Å². The summed E-state index contributed by atoms with van der Waals surface area (Å²) in [6.07, 6.45) is 10.4. The third-order valence-corrected chi connectivity index (χ3v) is 9.49. The van der Waals surface area contributed by atoms with Crippen LogP contribution in [0.3, 0.4) is 0 Å². The van der Waals surface area contributed by atoms with Crippen molar-refractivity contribution in [2.45, 2.75) is 82.5 Å². The zero-order chi connectivity index (χ0) is 26.0. The second-order valence-corrected chi connectivity index (χ2v) is 12.3. The van der Waals surface area contributed by atoms with Gasteiger partial charge in [0, 0.05) is 37.3 Å². The number of carboxylic acid groups (broad SMARTS) is 1. The van der Waals surface area contributed by atoms with Gasteiger partial charge in [0.1, 0.15) is 0 Å². The van der Waals surface area contributed by atoms with E-state index in [0.717, 1.165) is 50.3 Å². The number of carbonyl (C=O) groups excluding carboxylic acids is 1. The van der Waals surface area contributed by atoms with Crippen molar-refractivity contribution in [3.63, 3.8) is 0 Å². The third kappa shape index (κ3) is 8.94. The van der Waals surface area contributed by atoms with Crippen molar-refractivity contribution in [1.82, 2.24) is 20.4 Å². The minimum absolute atomic E-state index is 0.0956. The van der Waals surface area contributed by atoms with Crippen LogP contribution in [0.4, 0.5) is 0 Å². The Hall–Kier alpha value is -1.68. The van der Waals surface area contributed by atoms with Crippen molar-refractivity contribution in [2.75, 3.05) is 31.3 Å². The smallest absolute Gasteiger partial charge is 0.317 e. The number of carbonyl (C=O) groups is 2. The van der Waals surface area contributed by atoms with Gasteiger partial charge < -0.3 is 15.7 Å². The number of thiocarbonyl (C=S) groups is 1. The molecule has 1 saturated carbocycles. The maximum absolute atomic E-state index is 13.3. The molecule has 7 nitrogen and oxygen atoms in total. The average molecular weight is 547 g/mol. The molecule has 3 fully saturated rings. The van der Waals surface area contributed by atoms with Crippen LogP contribution in [0, 0.1) is 5.92 Å². The first-order chi connectivity index (χ1) is 18.0. The number of benzene rings is 1. The predicted molar refractivity (Wildman–Crippen MR) is 154 cm³/mol. The molecule has 0 bridgehead atoms. The van der Waals surface area contributed by atoms with Gasteiger partial charge in [0.25, 0.3) is 0 Å². The standard InChI is InChI=1S/C28H42N4O3S2/c33-26(34)18-32-20-37-19-25(32)27(35)30-24(12-11-21-7-3-1-4-8-21)28(36)29-23-13-15-31(16-14-23)17-22-9-5-2-6-10-22/h2,5-6,9-10,21,23-25H,1,3-4,7-8,11-20H2,(H,29,36)(H,30,35)(H,33,34)/t24-,25+/m1/s1. The number of hydrogen-bond acceptors (Lipinski definition) is 6. The lowest BCUT2D eigenvalue weighted by Gasteiger charge is -2.34. The monoisotopic (exact) mass is 546 g/mol.